The number of aryl methyl sites for hydroxylation is 1. The Kier molecular flexibility index (Phi) is 11.9. The van der Waals surface area contributed by atoms with E-state index in [2.05, 4.69) is 9.47 Å². The van der Waals surface area contributed by atoms with Gasteiger partial charge in [0.25, 0.3) is 0 Å². The number of esters is 1. The largest absolute Gasteiger partial charge is 1.00 e. The molecule has 0 N–H and O–H groups in total. The van der Waals surface area contributed by atoms with Gasteiger partial charge in [0.15, 0.2) is 0 Å². The van der Waals surface area contributed by atoms with Crippen LogP contribution in [0.3, 0.4) is 0 Å². The number of carbonyl (C=O) groups is 2. The fraction of sp³-hybridized carbons (Fsp3) is 0.361. The lowest BCUT2D eigenvalue weighted by Gasteiger charge is -2.35. The molecule has 2 saturated heterocycles. The van der Waals surface area contributed by atoms with Crippen molar-refractivity contribution >= 4 is 40.8 Å². The van der Waals surface area contributed by atoms with Gasteiger partial charge in [-0.25, -0.2) is 9.13 Å². The highest BCUT2D eigenvalue weighted by Crippen LogP contribution is 2.40. The fourth-order valence-electron chi connectivity index (χ4n) is 6.13. The van der Waals surface area contributed by atoms with Gasteiger partial charge in [-0.3, -0.25) is 9.59 Å². The van der Waals surface area contributed by atoms with Crippen LogP contribution in [0.1, 0.15) is 30.5 Å². The van der Waals surface area contributed by atoms with Gasteiger partial charge in [-0.1, -0.05) is 35.3 Å². The van der Waals surface area contributed by atoms with Crippen LogP contribution in [-0.2, 0) is 37.9 Å². The van der Waals surface area contributed by atoms with Crippen LogP contribution in [0.25, 0.3) is 0 Å². The van der Waals surface area contributed by atoms with Gasteiger partial charge >= 0.3 is 5.97 Å². The van der Waals surface area contributed by atoms with Crippen LogP contribution in [0.5, 0.6) is 11.5 Å². The van der Waals surface area contributed by atoms with E-state index in [1.807, 2.05) is 83.6 Å². The van der Waals surface area contributed by atoms with E-state index in [1.165, 1.54) is 6.92 Å². The summed E-state index contributed by atoms with van der Waals surface area (Å²) < 4.78 is 28.5. The summed E-state index contributed by atoms with van der Waals surface area (Å²) in [6.45, 7) is 9.54. The second-order valence-electron chi connectivity index (χ2n) is 12.2. The number of piperazine rings is 1. The number of carbonyl (C=O) groups excluding carboxylic acids is 2. The Labute approximate surface area is 306 Å². The normalized spacial score (nSPS) is 19.0. The molecule has 0 aliphatic carbocycles. The van der Waals surface area contributed by atoms with E-state index in [9.17, 15) is 9.59 Å². The van der Waals surface area contributed by atoms with Crippen LogP contribution in [0.4, 0.5) is 5.69 Å². The maximum atomic E-state index is 11.7. The first kappa shape index (κ1) is 36.7. The minimum Gasteiger partial charge on any atom is -1.00 e. The summed E-state index contributed by atoms with van der Waals surface area (Å²) in [6.07, 6.45) is 5.58. The summed E-state index contributed by atoms with van der Waals surface area (Å²) in [6, 6.07) is 19.1. The zero-order valence-corrected chi connectivity index (χ0v) is 30.7. The lowest BCUT2D eigenvalue weighted by molar-refractivity contribution is -0.688. The number of amides is 1. The van der Waals surface area contributed by atoms with Gasteiger partial charge in [0.2, 0.25) is 18.0 Å². The number of rotatable bonds is 10. The van der Waals surface area contributed by atoms with Crippen molar-refractivity contribution in [1.82, 2.24) is 9.47 Å². The van der Waals surface area contributed by atoms with E-state index in [0.717, 1.165) is 48.7 Å². The van der Waals surface area contributed by atoms with Gasteiger partial charge in [0.05, 0.1) is 11.6 Å². The monoisotopic (exact) mass is 772 g/mol. The predicted molar refractivity (Wildman–Crippen MR) is 182 cm³/mol. The number of ether oxygens (including phenoxy) is 4. The number of hydrogen-bond donors (Lipinski definition) is 0. The molecule has 2 fully saturated rings. The quantitative estimate of drug-likeness (QED) is 0.139. The molecule has 0 bridgehead atoms. The molecule has 1 aromatic heterocycles. The average Bonchev–Trinajstić information content (AvgIpc) is 3.68. The summed E-state index contributed by atoms with van der Waals surface area (Å²) >= 11 is 13.0. The molecular formula is C36H39BrCl2N4O6. The van der Waals surface area contributed by atoms with E-state index < -0.39 is 5.79 Å². The second kappa shape index (κ2) is 15.9. The molecule has 6 rings (SSSR count). The summed E-state index contributed by atoms with van der Waals surface area (Å²) in [5, 5.41) is 0.974. The van der Waals surface area contributed by atoms with Crippen molar-refractivity contribution < 1.29 is 50.1 Å². The first-order valence-electron chi connectivity index (χ1n) is 15.9. The lowest BCUT2D eigenvalue weighted by Crippen LogP contribution is -3.00. The zero-order valence-electron chi connectivity index (χ0n) is 27.6. The molecule has 3 aromatic carbocycles. The molecule has 0 radical (unpaired) electrons. The number of aromatic nitrogens is 2. The van der Waals surface area contributed by atoms with E-state index in [4.69, 9.17) is 42.1 Å². The van der Waals surface area contributed by atoms with E-state index in [-0.39, 0.29) is 41.6 Å². The molecule has 0 spiro atoms. The third-order valence-electron chi connectivity index (χ3n) is 8.56. The van der Waals surface area contributed by atoms with Crippen molar-refractivity contribution in [2.24, 2.45) is 0 Å². The van der Waals surface area contributed by atoms with Gasteiger partial charge in [-0.2, -0.15) is 0 Å². The van der Waals surface area contributed by atoms with Crippen LogP contribution in [0.15, 0.2) is 79.4 Å². The zero-order chi connectivity index (χ0) is 33.8. The van der Waals surface area contributed by atoms with Crippen LogP contribution >= 0.6 is 23.2 Å². The Morgan fingerprint density at radius 2 is 1.76 bits per heavy atom. The Morgan fingerprint density at radius 3 is 2.43 bits per heavy atom. The average molecular weight is 775 g/mol. The molecule has 3 heterocycles. The molecule has 0 unspecified atom stereocenters. The van der Waals surface area contributed by atoms with Crippen LogP contribution in [0, 0.1) is 6.92 Å². The Morgan fingerprint density at radius 1 is 1.00 bits per heavy atom. The lowest BCUT2D eigenvalue weighted by atomic mass is 10.1. The van der Waals surface area contributed by atoms with Gasteiger partial charge in [-0.15, -0.1) is 0 Å². The highest BCUT2D eigenvalue weighted by Gasteiger charge is 2.47. The maximum absolute atomic E-state index is 11.7. The summed E-state index contributed by atoms with van der Waals surface area (Å²) in [5.41, 5.74) is 3.73. The minimum atomic E-state index is -1.17. The molecular weight excluding hydrogens is 735 g/mol. The summed E-state index contributed by atoms with van der Waals surface area (Å²) in [5.74, 6) is -0.103. The number of halogens is 3. The molecule has 4 aromatic rings. The standard InChI is InChI=1S/C36H39Cl2N4O6.BrH/c1-25-18-28(4-11-35(25)47-27(3)44)20-39-12-13-40(24-39)23-36(33-10-5-29(37)19-34(33)38)46-22-32(48-36)21-45-31-8-6-30(7-9-31)42-16-14-41(15-17-42)26(2)43;/h4-13,18-19,24,32H,14-17,20-23H2,1-3H3;1H/q+1;/p-1/t32-,36-;/m0./s1. The molecule has 2 atom stereocenters. The Hall–Kier alpha value is -3.61. The molecule has 2 aliphatic heterocycles. The van der Waals surface area contributed by atoms with Crippen molar-refractivity contribution in [3.05, 3.63) is 106 Å². The first-order chi connectivity index (χ1) is 23.1. The topological polar surface area (TPSA) is 86.4 Å². The molecule has 0 saturated carbocycles. The summed E-state index contributed by atoms with van der Waals surface area (Å²) in [4.78, 5) is 27.2. The molecule has 260 valence electrons. The number of benzene rings is 3. The molecule has 10 nitrogen and oxygen atoms in total. The van der Waals surface area contributed by atoms with Crippen molar-refractivity contribution in [2.45, 2.75) is 45.8 Å². The number of anilines is 1. The van der Waals surface area contributed by atoms with E-state index in [0.29, 0.717) is 41.1 Å². The third-order valence-corrected chi connectivity index (χ3v) is 9.11. The maximum Gasteiger partial charge on any atom is 0.308 e. The number of imidazole rings is 1. The Balaban J connectivity index is 0.00000468. The SMILES string of the molecule is CC(=O)Oc1ccc(C[n+]2ccn(C[C@]3(c4ccc(Cl)cc4Cl)OC[C@H](COc4ccc(N5CCN(C(C)=O)CC5)cc4)O3)c2)cc1C.[Br-]. The van der Waals surface area contributed by atoms with Crippen LogP contribution in [0.2, 0.25) is 10.0 Å². The van der Waals surface area contributed by atoms with Crippen molar-refractivity contribution in [1.29, 1.82) is 0 Å². The van der Waals surface area contributed by atoms with Gasteiger partial charge in [0.1, 0.15) is 49.7 Å². The minimum absolute atomic E-state index is 0. The second-order valence-corrected chi connectivity index (χ2v) is 13.0. The fourth-order valence-corrected chi connectivity index (χ4v) is 6.69. The van der Waals surface area contributed by atoms with Gasteiger partial charge < -0.3 is 45.7 Å². The highest BCUT2D eigenvalue weighted by molar-refractivity contribution is 6.35. The van der Waals surface area contributed by atoms with E-state index >= 15 is 0 Å². The first-order valence-corrected chi connectivity index (χ1v) is 16.7. The Bertz CT molecular complexity index is 1780. The molecule has 49 heavy (non-hydrogen) atoms. The number of hydrogen-bond acceptors (Lipinski definition) is 7. The van der Waals surface area contributed by atoms with Crippen LogP contribution < -0.4 is 35.9 Å². The van der Waals surface area contributed by atoms with Crippen molar-refractivity contribution in [3.8, 4) is 11.5 Å². The van der Waals surface area contributed by atoms with Crippen molar-refractivity contribution in [2.75, 3.05) is 44.3 Å². The van der Waals surface area contributed by atoms with Gasteiger partial charge in [-0.05, 0) is 66.6 Å². The smallest absolute Gasteiger partial charge is 0.308 e. The predicted octanol–water partition coefficient (Wildman–Crippen LogP) is 2.38. The molecule has 1 amide bonds. The van der Waals surface area contributed by atoms with E-state index in [1.54, 1.807) is 19.1 Å². The van der Waals surface area contributed by atoms with Crippen LogP contribution in [-0.4, -0.2) is 66.8 Å². The van der Waals surface area contributed by atoms with Gasteiger partial charge in [0, 0.05) is 56.3 Å². The molecule has 13 heteroatoms. The third kappa shape index (κ3) is 8.95. The number of nitrogens with zero attached hydrogens (tertiary/aromatic N) is 4. The van der Waals surface area contributed by atoms with Crippen molar-refractivity contribution in [3.63, 3.8) is 0 Å². The molecule has 2 aliphatic rings. The summed E-state index contributed by atoms with van der Waals surface area (Å²) in [7, 11) is 0. The highest BCUT2D eigenvalue weighted by atomic mass is 79.9.